The lowest BCUT2D eigenvalue weighted by molar-refractivity contribution is 0.183. The second kappa shape index (κ2) is 4.83. The fraction of sp³-hybridized carbons (Fsp3) is 0.400. The van der Waals surface area contributed by atoms with Gasteiger partial charge in [0.2, 0.25) is 0 Å². The van der Waals surface area contributed by atoms with Crippen molar-refractivity contribution >= 4 is 22.9 Å². The van der Waals surface area contributed by atoms with Crippen LogP contribution >= 0.6 is 22.9 Å². The zero-order valence-corrected chi connectivity index (χ0v) is 10.0. The van der Waals surface area contributed by atoms with Gasteiger partial charge in [-0.05, 0) is 30.1 Å². The van der Waals surface area contributed by atoms with E-state index >= 15 is 0 Å². The fourth-order valence-corrected chi connectivity index (χ4v) is 2.82. The minimum Gasteiger partial charge on any atom is -0.387 e. The van der Waals surface area contributed by atoms with E-state index in [1.165, 1.54) is 21.3 Å². The molecule has 0 bridgehead atoms. The Balaban J connectivity index is 2.02. The van der Waals surface area contributed by atoms with E-state index in [0.29, 0.717) is 6.42 Å². The molecule has 0 saturated carbocycles. The summed E-state index contributed by atoms with van der Waals surface area (Å²) in [5.41, 5.74) is 0. The second-order valence-electron chi connectivity index (χ2n) is 3.26. The number of nitrogens with zero attached hydrogens (tertiary/aromatic N) is 2. The Morgan fingerprint density at radius 3 is 2.80 bits per heavy atom. The minimum atomic E-state index is -0.464. The number of thiophene rings is 1. The molecule has 2 aromatic heterocycles. The van der Waals surface area contributed by atoms with Crippen LogP contribution in [0.4, 0.5) is 0 Å². The van der Waals surface area contributed by atoms with Gasteiger partial charge >= 0.3 is 0 Å². The molecule has 2 aromatic rings. The first-order valence-electron chi connectivity index (χ1n) is 4.82. The molecule has 2 rings (SSSR count). The zero-order chi connectivity index (χ0) is 10.7. The summed E-state index contributed by atoms with van der Waals surface area (Å²) in [6.45, 7) is 2.14. The molecule has 0 amide bonds. The molecule has 1 N–H and O–H groups in total. The Morgan fingerprint density at radius 1 is 1.40 bits per heavy atom. The minimum absolute atomic E-state index is 0.464. The van der Waals surface area contributed by atoms with Crippen LogP contribution in [-0.2, 0) is 12.8 Å². The molecule has 0 saturated heterocycles. The third-order valence-corrected chi connectivity index (χ3v) is 4.18. The van der Waals surface area contributed by atoms with Crippen molar-refractivity contribution in [3.63, 3.8) is 0 Å². The van der Waals surface area contributed by atoms with Crippen molar-refractivity contribution in [2.45, 2.75) is 25.9 Å². The highest BCUT2D eigenvalue weighted by molar-refractivity contribution is 7.12. The van der Waals surface area contributed by atoms with Gasteiger partial charge in [0.05, 0.1) is 17.2 Å². The quantitative estimate of drug-likeness (QED) is 0.892. The van der Waals surface area contributed by atoms with Gasteiger partial charge in [-0.1, -0.05) is 11.4 Å². The summed E-state index contributed by atoms with van der Waals surface area (Å²) in [5, 5.41) is 13.6. The van der Waals surface area contributed by atoms with Crippen LogP contribution in [0.2, 0.25) is 0 Å². The number of rotatable bonds is 4. The summed E-state index contributed by atoms with van der Waals surface area (Å²) in [6.07, 6.45) is 2.88. The van der Waals surface area contributed by atoms with Crippen molar-refractivity contribution in [3.05, 3.63) is 33.0 Å². The molecule has 0 aliphatic carbocycles. The molecule has 0 radical (unpaired) electrons. The van der Waals surface area contributed by atoms with E-state index in [0.717, 1.165) is 11.3 Å². The van der Waals surface area contributed by atoms with Crippen LogP contribution in [0.1, 0.15) is 27.7 Å². The molecule has 0 spiro atoms. The van der Waals surface area contributed by atoms with Crippen LogP contribution in [0.5, 0.6) is 0 Å². The highest BCUT2D eigenvalue weighted by atomic mass is 32.1. The molecule has 1 atom stereocenters. The van der Waals surface area contributed by atoms with Gasteiger partial charge in [-0.25, -0.2) is 0 Å². The van der Waals surface area contributed by atoms with Crippen LogP contribution in [0, 0.1) is 0 Å². The van der Waals surface area contributed by atoms with Crippen molar-refractivity contribution in [2.24, 2.45) is 0 Å². The van der Waals surface area contributed by atoms with E-state index in [1.54, 1.807) is 17.5 Å². The average Bonchev–Trinajstić information content (AvgIpc) is 2.87. The normalized spacial score (nSPS) is 12.9. The maximum absolute atomic E-state index is 9.88. The monoisotopic (exact) mass is 240 g/mol. The predicted molar refractivity (Wildman–Crippen MR) is 62.3 cm³/mol. The fourth-order valence-electron chi connectivity index (χ4n) is 1.33. The lowest BCUT2D eigenvalue weighted by Gasteiger charge is -2.04. The first-order valence-corrected chi connectivity index (χ1v) is 6.41. The molecular formula is C10H12N2OS2. The van der Waals surface area contributed by atoms with Crippen molar-refractivity contribution in [1.82, 2.24) is 9.59 Å². The lowest BCUT2D eigenvalue weighted by atomic mass is 10.2. The van der Waals surface area contributed by atoms with E-state index < -0.39 is 6.10 Å². The Kier molecular flexibility index (Phi) is 3.45. The summed E-state index contributed by atoms with van der Waals surface area (Å²) in [7, 11) is 0. The molecule has 0 aliphatic rings. The maximum atomic E-state index is 9.88. The van der Waals surface area contributed by atoms with E-state index in [-0.39, 0.29) is 0 Å². The number of aromatic nitrogens is 2. The number of aryl methyl sites for hydroxylation is 1. The number of aliphatic hydroxyl groups excluding tert-OH is 1. The summed E-state index contributed by atoms with van der Waals surface area (Å²) >= 11 is 3.02. The number of aliphatic hydroxyl groups is 1. The number of hydrogen-bond donors (Lipinski definition) is 1. The van der Waals surface area contributed by atoms with Gasteiger partial charge in [0.25, 0.3) is 0 Å². The van der Waals surface area contributed by atoms with Crippen LogP contribution in [0.15, 0.2) is 18.3 Å². The van der Waals surface area contributed by atoms with E-state index in [9.17, 15) is 5.11 Å². The second-order valence-corrected chi connectivity index (χ2v) is 5.33. The Hall–Kier alpha value is -0.780. The summed E-state index contributed by atoms with van der Waals surface area (Å²) in [4.78, 5) is 3.41. The zero-order valence-electron chi connectivity index (χ0n) is 8.38. The van der Waals surface area contributed by atoms with Crippen molar-refractivity contribution < 1.29 is 5.11 Å². The van der Waals surface area contributed by atoms with Gasteiger partial charge in [0, 0.05) is 16.2 Å². The molecular weight excluding hydrogens is 228 g/mol. The first-order chi connectivity index (χ1) is 7.29. The van der Waals surface area contributed by atoms with E-state index in [4.69, 9.17) is 0 Å². The smallest absolute Gasteiger partial charge is 0.0962 e. The summed E-state index contributed by atoms with van der Waals surface area (Å²) in [5.74, 6) is 0. The lowest BCUT2D eigenvalue weighted by Crippen LogP contribution is -1.97. The summed E-state index contributed by atoms with van der Waals surface area (Å²) < 4.78 is 3.74. The first kappa shape index (κ1) is 10.7. The van der Waals surface area contributed by atoms with Crippen molar-refractivity contribution in [1.29, 1.82) is 0 Å². The van der Waals surface area contributed by atoms with Gasteiger partial charge < -0.3 is 5.11 Å². The van der Waals surface area contributed by atoms with Crippen LogP contribution < -0.4 is 0 Å². The highest BCUT2D eigenvalue weighted by Gasteiger charge is 2.12. The maximum Gasteiger partial charge on any atom is 0.0962 e. The predicted octanol–water partition coefficient (Wildman–Crippen LogP) is 2.44. The SMILES string of the molecule is CCc1ccc(CC(O)c2cnns2)s1. The van der Waals surface area contributed by atoms with Crippen LogP contribution in [-0.4, -0.2) is 14.7 Å². The van der Waals surface area contributed by atoms with E-state index in [2.05, 4.69) is 28.6 Å². The molecule has 0 aliphatic heterocycles. The molecule has 1 unspecified atom stereocenters. The van der Waals surface area contributed by atoms with Gasteiger partial charge in [0.15, 0.2) is 0 Å². The van der Waals surface area contributed by atoms with Crippen molar-refractivity contribution in [2.75, 3.05) is 0 Å². The third kappa shape index (κ3) is 2.62. The Morgan fingerprint density at radius 2 is 2.20 bits per heavy atom. The third-order valence-electron chi connectivity index (χ3n) is 2.17. The molecule has 3 nitrogen and oxygen atoms in total. The largest absolute Gasteiger partial charge is 0.387 e. The molecule has 15 heavy (non-hydrogen) atoms. The topological polar surface area (TPSA) is 46.0 Å². The van der Waals surface area contributed by atoms with E-state index in [1.807, 2.05) is 0 Å². The van der Waals surface area contributed by atoms with Gasteiger partial charge in [0.1, 0.15) is 0 Å². The number of hydrogen-bond acceptors (Lipinski definition) is 5. The standard InChI is InChI=1S/C10H12N2OS2/c1-2-7-3-4-8(14-7)5-9(13)10-6-11-12-15-10/h3-4,6,9,13H,2,5H2,1H3. The molecule has 2 heterocycles. The van der Waals surface area contributed by atoms with Gasteiger partial charge in [-0.2, -0.15) is 0 Å². The molecule has 5 heteroatoms. The Bertz CT molecular complexity index is 411. The molecule has 80 valence electrons. The van der Waals surface area contributed by atoms with Gasteiger partial charge in [-0.15, -0.1) is 16.4 Å². The Labute approximate surface area is 96.6 Å². The van der Waals surface area contributed by atoms with Gasteiger partial charge in [-0.3, -0.25) is 0 Å². The molecule has 0 aromatic carbocycles. The van der Waals surface area contributed by atoms with Crippen LogP contribution in [0.25, 0.3) is 0 Å². The molecule has 0 fully saturated rings. The summed E-state index contributed by atoms with van der Waals surface area (Å²) in [6, 6.07) is 4.21. The highest BCUT2D eigenvalue weighted by Crippen LogP contribution is 2.24. The van der Waals surface area contributed by atoms with Crippen LogP contribution in [0.3, 0.4) is 0 Å². The average molecular weight is 240 g/mol. The van der Waals surface area contributed by atoms with Crippen molar-refractivity contribution in [3.8, 4) is 0 Å².